The van der Waals surface area contributed by atoms with Crippen LogP contribution in [0.4, 0.5) is 16.2 Å². The first-order chi connectivity index (χ1) is 12.5. The maximum absolute atomic E-state index is 12.1. The largest absolute Gasteiger partial charge is 0.323 e. The van der Waals surface area contributed by atoms with Gasteiger partial charge in [-0.3, -0.25) is 4.79 Å². The van der Waals surface area contributed by atoms with Crippen LogP contribution in [0.25, 0.3) is 11.3 Å². The summed E-state index contributed by atoms with van der Waals surface area (Å²) in [5, 5.41) is 9.80. The molecule has 3 aromatic rings. The molecule has 2 N–H and O–H groups in total. The van der Waals surface area contributed by atoms with Crippen LogP contribution in [-0.4, -0.2) is 15.8 Å². The molecule has 0 aliphatic heterocycles. The molecule has 0 fully saturated rings. The van der Waals surface area contributed by atoms with Gasteiger partial charge in [-0.05, 0) is 42.3 Å². The van der Waals surface area contributed by atoms with Crippen LogP contribution in [0, 0.1) is 0 Å². The van der Waals surface area contributed by atoms with Crippen molar-refractivity contribution in [3.8, 4) is 11.3 Å². The number of nitrogens with one attached hydrogen (secondary N) is 2. The van der Waals surface area contributed by atoms with Gasteiger partial charge in [0.25, 0.3) is 5.56 Å². The number of rotatable bonds is 4. The average Bonchev–Trinajstić information content (AvgIpc) is 2.65. The molecule has 0 atom stereocenters. The monoisotopic (exact) mass is 348 g/mol. The summed E-state index contributed by atoms with van der Waals surface area (Å²) in [6.07, 6.45) is 0.962. The van der Waals surface area contributed by atoms with Crippen molar-refractivity contribution in [2.75, 3.05) is 10.6 Å². The molecule has 0 aliphatic rings. The van der Waals surface area contributed by atoms with Crippen molar-refractivity contribution in [3.63, 3.8) is 0 Å². The maximum atomic E-state index is 12.1. The van der Waals surface area contributed by atoms with Crippen molar-refractivity contribution in [2.24, 2.45) is 7.05 Å². The van der Waals surface area contributed by atoms with Crippen LogP contribution >= 0.6 is 0 Å². The molecule has 6 nitrogen and oxygen atoms in total. The Bertz CT molecular complexity index is 960. The number of carbonyl (C=O) groups excluding carboxylic acids is 1. The van der Waals surface area contributed by atoms with E-state index in [1.807, 2.05) is 36.4 Å². The number of urea groups is 1. The van der Waals surface area contributed by atoms with Gasteiger partial charge in [-0.1, -0.05) is 31.2 Å². The van der Waals surface area contributed by atoms with Gasteiger partial charge in [0, 0.05) is 30.1 Å². The number of aryl methyl sites for hydroxylation is 2. The van der Waals surface area contributed by atoms with E-state index in [2.05, 4.69) is 22.7 Å². The Morgan fingerprint density at radius 1 is 0.923 bits per heavy atom. The molecule has 132 valence electrons. The molecule has 2 amide bonds. The summed E-state index contributed by atoms with van der Waals surface area (Å²) in [6, 6.07) is 17.9. The second kappa shape index (κ2) is 7.65. The highest BCUT2D eigenvalue weighted by atomic mass is 16.2. The van der Waals surface area contributed by atoms with Gasteiger partial charge in [-0.2, -0.15) is 5.10 Å². The standard InChI is InChI=1S/C20H20N4O2/c1-3-14-4-8-16(9-5-14)21-20(26)22-17-10-6-15(7-11-17)18-12-13-19(25)24(2)23-18/h4-13H,3H2,1-2H3,(H2,21,22,26). The summed E-state index contributed by atoms with van der Waals surface area (Å²) in [4.78, 5) is 23.5. The van der Waals surface area contributed by atoms with Crippen molar-refractivity contribution in [1.82, 2.24) is 9.78 Å². The van der Waals surface area contributed by atoms with Gasteiger partial charge in [0.2, 0.25) is 0 Å². The van der Waals surface area contributed by atoms with Crippen LogP contribution in [-0.2, 0) is 13.5 Å². The van der Waals surface area contributed by atoms with E-state index in [4.69, 9.17) is 0 Å². The lowest BCUT2D eigenvalue weighted by atomic mass is 10.1. The first-order valence-corrected chi connectivity index (χ1v) is 8.37. The molecule has 0 bridgehead atoms. The number of carbonyl (C=O) groups is 1. The normalized spacial score (nSPS) is 10.4. The molecular formula is C20H20N4O2. The summed E-state index contributed by atoms with van der Waals surface area (Å²) in [7, 11) is 1.61. The summed E-state index contributed by atoms with van der Waals surface area (Å²) in [5.74, 6) is 0. The van der Waals surface area contributed by atoms with Crippen molar-refractivity contribution < 1.29 is 4.79 Å². The van der Waals surface area contributed by atoms with E-state index in [9.17, 15) is 9.59 Å². The number of hydrogen-bond acceptors (Lipinski definition) is 3. The molecule has 1 heterocycles. The van der Waals surface area contributed by atoms with Crippen LogP contribution in [0.2, 0.25) is 0 Å². The maximum Gasteiger partial charge on any atom is 0.323 e. The Morgan fingerprint density at radius 3 is 2.04 bits per heavy atom. The highest BCUT2D eigenvalue weighted by molar-refractivity contribution is 5.99. The van der Waals surface area contributed by atoms with Crippen LogP contribution in [0.3, 0.4) is 0 Å². The van der Waals surface area contributed by atoms with Crippen molar-refractivity contribution in [3.05, 3.63) is 76.6 Å². The van der Waals surface area contributed by atoms with Gasteiger partial charge in [0.15, 0.2) is 0 Å². The molecule has 0 saturated carbocycles. The van der Waals surface area contributed by atoms with Crippen molar-refractivity contribution in [1.29, 1.82) is 0 Å². The highest BCUT2D eigenvalue weighted by Crippen LogP contribution is 2.19. The van der Waals surface area contributed by atoms with E-state index in [0.29, 0.717) is 11.4 Å². The second-order valence-corrected chi connectivity index (χ2v) is 5.89. The van der Waals surface area contributed by atoms with Gasteiger partial charge < -0.3 is 10.6 Å². The quantitative estimate of drug-likeness (QED) is 0.755. The molecule has 2 aromatic carbocycles. The lowest BCUT2D eigenvalue weighted by Gasteiger charge is -2.09. The lowest BCUT2D eigenvalue weighted by Crippen LogP contribution is -2.19. The van der Waals surface area contributed by atoms with E-state index in [1.54, 1.807) is 25.2 Å². The van der Waals surface area contributed by atoms with Crippen LogP contribution < -0.4 is 16.2 Å². The molecule has 1 aromatic heterocycles. The van der Waals surface area contributed by atoms with Gasteiger partial charge in [0.05, 0.1) is 5.69 Å². The van der Waals surface area contributed by atoms with Crippen LogP contribution in [0.15, 0.2) is 65.5 Å². The molecule has 0 aliphatic carbocycles. The SMILES string of the molecule is CCc1ccc(NC(=O)Nc2ccc(-c3ccc(=O)n(C)n3)cc2)cc1. The van der Waals surface area contributed by atoms with E-state index < -0.39 is 0 Å². The Balaban J connectivity index is 1.65. The Labute approximate surface area is 151 Å². The van der Waals surface area contributed by atoms with Gasteiger partial charge in [-0.15, -0.1) is 0 Å². The molecular weight excluding hydrogens is 328 g/mol. The topological polar surface area (TPSA) is 76.0 Å². The molecule has 3 rings (SSSR count). The van der Waals surface area contributed by atoms with E-state index in [0.717, 1.165) is 17.7 Å². The highest BCUT2D eigenvalue weighted by Gasteiger charge is 2.05. The predicted octanol–water partition coefficient (Wildman–Crippen LogP) is 3.65. The summed E-state index contributed by atoms with van der Waals surface area (Å²) in [5.41, 5.74) is 4.03. The third-order valence-corrected chi connectivity index (χ3v) is 4.02. The number of amides is 2. The number of hydrogen-bond donors (Lipinski definition) is 2. The second-order valence-electron chi connectivity index (χ2n) is 5.89. The minimum Gasteiger partial charge on any atom is -0.308 e. The minimum absolute atomic E-state index is 0.157. The zero-order valence-electron chi connectivity index (χ0n) is 14.7. The average molecular weight is 348 g/mol. The van der Waals surface area contributed by atoms with Gasteiger partial charge in [-0.25, -0.2) is 9.48 Å². The summed E-state index contributed by atoms with van der Waals surface area (Å²) >= 11 is 0. The zero-order chi connectivity index (χ0) is 18.5. The molecule has 26 heavy (non-hydrogen) atoms. The number of aromatic nitrogens is 2. The minimum atomic E-state index is -0.303. The number of nitrogens with zero attached hydrogens (tertiary/aromatic N) is 2. The van der Waals surface area contributed by atoms with Crippen molar-refractivity contribution in [2.45, 2.75) is 13.3 Å². The van der Waals surface area contributed by atoms with Crippen molar-refractivity contribution >= 4 is 17.4 Å². The summed E-state index contributed by atoms with van der Waals surface area (Å²) in [6.45, 7) is 2.09. The zero-order valence-corrected chi connectivity index (χ0v) is 14.7. The molecule has 0 unspecified atom stereocenters. The fraction of sp³-hybridized carbons (Fsp3) is 0.150. The van der Waals surface area contributed by atoms with E-state index in [-0.39, 0.29) is 11.6 Å². The van der Waals surface area contributed by atoms with Gasteiger partial charge >= 0.3 is 6.03 Å². The fourth-order valence-corrected chi connectivity index (χ4v) is 2.50. The van der Waals surface area contributed by atoms with E-state index in [1.165, 1.54) is 16.3 Å². The summed E-state index contributed by atoms with van der Waals surface area (Å²) < 4.78 is 1.29. The Kier molecular flexibility index (Phi) is 5.12. The molecule has 0 spiro atoms. The Hall–Kier alpha value is -3.41. The lowest BCUT2D eigenvalue weighted by molar-refractivity contribution is 0.262. The smallest absolute Gasteiger partial charge is 0.308 e. The predicted molar refractivity (Wildman–Crippen MR) is 103 cm³/mol. The fourth-order valence-electron chi connectivity index (χ4n) is 2.50. The molecule has 6 heteroatoms. The molecule has 0 saturated heterocycles. The van der Waals surface area contributed by atoms with Crippen LogP contribution in [0.5, 0.6) is 0 Å². The number of anilines is 2. The third-order valence-electron chi connectivity index (χ3n) is 4.02. The van der Waals surface area contributed by atoms with E-state index >= 15 is 0 Å². The number of benzene rings is 2. The first kappa shape index (κ1) is 17.4. The van der Waals surface area contributed by atoms with Crippen LogP contribution in [0.1, 0.15) is 12.5 Å². The Morgan fingerprint density at radius 2 is 1.50 bits per heavy atom. The van der Waals surface area contributed by atoms with Gasteiger partial charge in [0.1, 0.15) is 0 Å². The third kappa shape index (κ3) is 4.16. The first-order valence-electron chi connectivity index (χ1n) is 8.37. The molecule has 0 radical (unpaired) electrons.